The molecule has 0 aliphatic carbocycles. The number of benzene rings is 3. The largest absolute Gasteiger partial charge is 0.395 e. The van der Waals surface area contributed by atoms with Crippen LogP contribution in [-0.4, -0.2) is 78.7 Å². The van der Waals surface area contributed by atoms with E-state index in [1.807, 2.05) is 0 Å². The minimum atomic E-state index is -0.572. The number of aliphatic hydroxyl groups is 2. The van der Waals surface area contributed by atoms with E-state index in [9.17, 15) is 10.2 Å². The molecule has 0 unspecified atom stereocenters. The van der Waals surface area contributed by atoms with E-state index in [0.717, 1.165) is 44.2 Å². The predicted octanol–water partition coefficient (Wildman–Crippen LogP) is 3.98. The maximum atomic E-state index is 11.2. The van der Waals surface area contributed by atoms with Gasteiger partial charge in [-0.15, -0.1) is 0 Å². The smallest absolute Gasteiger partial charge is 0.0846 e. The zero-order valence-electron chi connectivity index (χ0n) is 20.6. The molecule has 2 heterocycles. The molecule has 2 aliphatic heterocycles. The SMILES string of the molecule is OCCN(Cc1cccc(CN2CCOCC2)c1)C[C@H](O)CN1c2ccccc2Sc2ccccc21. The van der Waals surface area contributed by atoms with Crippen LogP contribution in [0.1, 0.15) is 11.1 Å². The Hall–Kier alpha value is -2.39. The van der Waals surface area contributed by atoms with E-state index >= 15 is 0 Å². The van der Waals surface area contributed by atoms with E-state index in [0.29, 0.717) is 26.2 Å². The molecule has 0 saturated carbocycles. The lowest BCUT2D eigenvalue weighted by Crippen LogP contribution is -2.40. The first kappa shape index (κ1) is 25.3. The summed E-state index contributed by atoms with van der Waals surface area (Å²) < 4.78 is 5.47. The minimum absolute atomic E-state index is 0.0617. The van der Waals surface area contributed by atoms with Gasteiger partial charge in [0, 0.05) is 49.1 Å². The Morgan fingerprint density at radius 2 is 1.56 bits per heavy atom. The van der Waals surface area contributed by atoms with Crippen LogP contribution in [0.2, 0.25) is 0 Å². The van der Waals surface area contributed by atoms with Crippen molar-refractivity contribution in [3.05, 3.63) is 83.9 Å². The van der Waals surface area contributed by atoms with Crippen molar-refractivity contribution >= 4 is 23.1 Å². The van der Waals surface area contributed by atoms with Crippen LogP contribution in [0.5, 0.6) is 0 Å². The van der Waals surface area contributed by atoms with E-state index in [1.54, 1.807) is 11.8 Å². The van der Waals surface area contributed by atoms with Gasteiger partial charge in [0.1, 0.15) is 0 Å². The molecular weight excluding hydrogens is 470 g/mol. The van der Waals surface area contributed by atoms with Gasteiger partial charge in [0.05, 0.1) is 43.8 Å². The predicted molar refractivity (Wildman–Crippen MR) is 145 cm³/mol. The van der Waals surface area contributed by atoms with Gasteiger partial charge in [-0.25, -0.2) is 0 Å². The number of aliphatic hydroxyl groups excluding tert-OH is 2. The maximum Gasteiger partial charge on any atom is 0.0846 e. The number of rotatable bonds is 10. The van der Waals surface area contributed by atoms with Crippen molar-refractivity contribution in [3.63, 3.8) is 0 Å². The first-order valence-corrected chi connectivity index (χ1v) is 13.5. The van der Waals surface area contributed by atoms with Gasteiger partial charge in [-0.05, 0) is 35.4 Å². The molecule has 0 bridgehead atoms. The molecule has 6 nitrogen and oxygen atoms in total. The molecule has 1 saturated heterocycles. The van der Waals surface area contributed by atoms with Gasteiger partial charge < -0.3 is 19.8 Å². The fourth-order valence-corrected chi connectivity index (χ4v) is 6.12. The summed E-state index contributed by atoms with van der Waals surface area (Å²) in [6.45, 7) is 6.71. The van der Waals surface area contributed by atoms with Gasteiger partial charge in [0.15, 0.2) is 0 Å². The number of ether oxygens (including phenoxy) is 1. The number of nitrogens with zero attached hydrogens (tertiary/aromatic N) is 3. The van der Waals surface area contributed by atoms with Gasteiger partial charge in [-0.3, -0.25) is 9.80 Å². The fraction of sp³-hybridized carbons (Fsp3) is 0.379. The molecule has 0 spiro atoms. The zero-order chi connectivity index (χ0) is 24.7. The van der Waals surface area contributed by atoms with Crippen LogP contribution in [0.4, 0.5) is 11.4 Å². The molecule has 0 amide bonds. The molecule has 1 fully saturated rings. The highest BCUT2D eigenvalue weighted by Crippen LogP contribution is 2.47. The van der Waals surface area contributed by atoms with Crippen LogP contribution in [0.25, 0.3) is 0 Å². The van der Waals surface area contributed by atoms with Crippen LogP contribution in [-0.2, 0) is 17.8 Å². The molecule has 0 radical (unpaired) electrons. The van der Waals surface area contributed by atoms with Crippen LogP contribution in [0, 0.1) is 0 Å². The molecule has 0 aromatic heterocycles. The first-order valence-electron chi connectivity index (χ1n) is 12.7. The fourth-order valence-electron chi connectivity index (χ4n) is 5.02. The summed E-state index contributed by atoms with van der Waals surface area (Å²) in [4.78, 5) is 9.20. The van der Waals surface area contributed by atoms with Crippen molar-refractivity contribution in [3.8, 4) is 0 Å². The maximum absolute atomic E-state index is 11.2. The Kier molecular flexibility index (Phi) is 8.59. The molecule has 190 valence electrons. The number of morpholine rings is 1. The Labute approximate surface area is 218 Å². The average molecular weight is 506 g/mol. The number of anilines is 2. The van der Waals surface area contributed by atoms with Crippen LogP contribution >= 0.6 is 11.8 Å². The summed E-state index contributed by atoms with van der Waals surface area (Å²) in [5, 5.41) is 20.9. The van der Waals surface area contributed by atoms with Gasteiger partial charge in [0.25, 0.3) is 0 Å². The Bertz CT molecular complexity index is 1090. The number of β-amino-alcohol motifs (C(OH)–C–C–N with tert-alkyl or cyclic N) is 1. The number of hydrogen-bond acceptors (Lipinski definition) is 7. The second-order valence-corrected chi connectivity index (χ2v) is 10.6. The molecule has 2 aliphatic rings. The lowest BCUT2D eigenvalue weighted by atomic mass is 10.1. The van der Waals surface area contributed by atoms with Crippen molar-refractivity contribution < 1.29 is 14.9 Å². The molecule has 36 heavy (non-hydrogen) atoms. The molecule has 3 aromatic rings. The Morgan fingerprint density at radius 3 is 2.25 bits per heavy atom. The van der Waals surface area contributed by atoms with Gasteiger partial charge in [-0.1, -0.05) is 60.3 Å². The topological polar surface area (TPSA) is 59.4 Å². The molecule has 7 heteroatoms. The van der Waals surface area contributed by atoms with E-state index in [2.05, 4.69) is 87.5 Å². The molecule has 5 rings (SSSR count). The van der Waals surface area contributed by atoms with Crippen molar-refractivity contribution in [1.82, 2.24) is 9.80 Å². The van der Waals surface area contributed by atoms with E-state index < -0.39 is 6.10 Å². The summed E-state index contributed by atoms with van der Waals surface area (Å²) in [6.07, 6.45) is -0.572. The monoisotopic (exact) mass is 505 g/mol. The van der Waals surface area contributed by atoms with E-state index in [4.69, 9.17) is 4.74 Å². The Balaban J connectivity index is 1.25. The highest BCUT2D eigenvalue weighted by molar-refractivity contribution is 7.99. The summed E-state index contributed by atoms with van der Waals surface area (Å²) in [6, 6.07) is 25.4. The highest BCUT2D eigenvalue weighted by Gasteiger charge is 2.25. The second-order valence-electron chi connectivity index (χ2n) is 9.47. The van der Waals surface area contributed by atoms with Crippen LogP contribution in [0.3, 0.4) is 0 Å². The van der Waals surface area contributed by atoms with Crippen LogP contribution in [0.15, 0.2) is 82.6 Å². The lowest BCUT2D eigenvalue weighted by molar-refractivity contribution is 0.0342. The van der Waals surface area contributed by atoms with Gasteiger partial charge in [0.2, 0.25) is 0 Å². The summed E-state index contributed by atoms with van der Waals surface area (Å²) in [7, 11) is 0. The summed E-state index contributed by atoms with van der Waals surface area (Å²) in [5.74, 6) is 0. The first-order chi connectivity index (χ1) is 17.7. The van der Waals surface area contributed by atoms with Crippen molar-refractivity contribution in [2.24, 2.45) is 0 Å². The minimum Gasteiger partial charge on any atom is -0.395 e. The van der Waals surface area contributed by atoms with Gasteiger partial charge >= 0.3 is 0 Å². The summed E-state index contributed by atoms with van der Waals surface area (Å²) >= 11 is 1.77. The van der Waals surface area contributed by atoms with Crippen molar-refractivity contribution in [1.29, 1.82) is 0 Å². The number of hydrogen-bond donors (Lipinski definition) is 2. The normalized spacial score (nSPS) is 16.6. The van der Waals surface area contributed by atoms with E-state index in [1.165, 1.54) is 20.9 Å². The van der Waals surface area contributed by atoms with Gasteiger partial charge in [-0.2, -0.15) is 0 Å². The van der Waals surface area contributed by atoms with Crippen molar-refractivity contribution in [2.45, 2.75) is 29.0 Å². The molecule has 2 N–H and O–H groups in total. The van der Waals surface area contributed by atoms with E-state index in [-0.39, 0.29) is 6.61 Å². The molecular formula is C29H35N3O3S. The van der Waals surface area contributed by atoms with Crippen molar-refractivity contribution in [2.75, 3.05) is 57.4 Å². The number of para-hydroxylation sites is 2. The third-order valence-electron chi connectivity index (χ3n) is 6.72. The zero-order valence-corrected chi connectivity index (χ0v) is 21.4. The average Bonchev–Trinajstić information content (AvgIpc) is 2.89. The standard InChI is InChI=1S/C29H35N3O3S/c33-15-12-31(20-24-7-5-6-23(18-24)19-30-13-16-35-17-14-30)21-25(34)22-32-26-8-1-3-10-28(26)36-29-11-4-2-9-27(29)32/h1-11,18,25,33-34H,12-17,19-22H2/t25-/m0/s1. The Morgan fingerprint density at radius 1 is 0.889 bits per heavy atom. The molecule has 3 aromatic carbocycles. The summed E-state index contributed by atoms with van der Waals surface area (Å²) in [5.41, 5.74) is 4.75. The third kappa shape index (κ3) is 6.29. The highest BCUT2D eigenvalue weighted by atomic mass is 32.2. The molecule has 1 atom stereocenters. The quantitative estimate of drug-likeness (QED) is 0.432. The lowest BCUT2D eigenvalue weighted by Gasteiger charge is -2.35. The van der Waals surface area contributed by atoms with Crippen LogP contribution < -0.4 is 4.90 Å². The second kappa shape index (κ2) is 12.2. The third-order valence-corrected chi connectivity index (χ3v) is 7.85. The number of fused-ring (bicyclic) bond motifs is 2.